The van der Waals surface area contributed by atoms with E-state index in [-0.39, 0.29) is 0 Å². The fourth-order valence-electron chi connectivity index (χ4n) is 5.00. The quantitative estimate of drug-likeness (QED) is 0.220. The minimum atomic E-state index is 0.751. The summed E-state index contributed by atoms with van der Waals surface area (Å²) in [5.74, 6) is 1.50. The van der Waals surface area contributed by atoms with E-state index in [1.807, 2.05) is 48.9 Å². The van der Waals surface area contributed by atoms with Crippen LogP contribution in [0, 0.1) is 0 Å². The van der Waals surface area contributed by atoms with Crippen LogP contribution in [0.4, 0.5) is 0 Å². The molecule has 3 aromatic carbocycles. The molecule has 0 saturated heterocycles. The van der Waals surface area contributed by atoms with Gasteiger partial charge in [0.15, 0.2) is 11.6 Å². The summed E-state index contributed by atoms with van der Waals surface area (Å²) in [7, 11) is 0. The van der Waals surface area contributed by atoms with Gasteiger partial charge in [-0.15, -0.1) is 10.2 Å². The van der Waals surface area contributed by atoms with Crippen LogP contribution in [0.15, 0.2) is 146 Å². The molecule has 7 aromatic rings. The second-order valence-corrected chi connectivity index (χ2v) is 9.62. The molecule has 0 bridgehead atoms. The van der Waals surface area contributed by atoms with Gasteiger partial charge in [0, 0.05) is 70.7 Å². The Morgan fingerprint density at radius 2 is 0.756 bits per heavy atom. The lowest BCUT2D eigenvalue weighted by atomic mass is 10.0. The molecule has 4 heterocycles. The smallest absolute Gasteiger partial charge is 0.168 e. The Morgan fingerprint density at radius 1 is 0.366 bits per heavy atom. The minimum absolute atomic E-state index is 0.751. The van der Waals surface area contributed by atoms with Crippen molar-refractivity contribution in [1.29, 1.82) is 0 Å². The molecule has 0 radical (unpaired) electrons. The molecule has 0 spiro atoms. The third-order valence-corrected chi connectivity index (χ3v) is 6.99. The molecule has 194 valence electrons. The highest BCUT2D eigenvalue weighted by Gasteiger charge is 2.19. The molecule has 0 fully saturated rings. The van der Waals surface area contributed by atoms with Crippen LogP contribution in [0.2, 0.25) is 0 Å². The summed E-state index contributed by atoms with van der Waals surface area (Å²) >= 11 is 0. The standard InChI is InChI=1S/C35H24N6/c1-7-25(30-12-4-16-36-22-30)19-28(10-1)34-39-40-35(29-11-2-8-26(20-29)31-13-5-17-37-23-31)41(34)33-15-3-9-27(21-33)32-14-6-18-38-24-32/h1-24H. The van der Waals surface area contributed by atoms with E-state index in [2.05, 4.69) is 98.4 Å². The highest BCUT2D eigenvalue weighted by molar-refractivity contribution is 5.76. The van der Waals surface area contributed by atoms with Crippen molar-refractivity contribution >= 4 is 0 Å². The highest BCUT2D eigenvalue weighted by atomic mass is 15.3. The fourth-order valence-corrected chi connectivity index (χ4v) is 5.00. The highest BCUT2D eigenvalue weighted by Crippen LogP contribution is 2.33. The van der Waals surface area contributed by atoms with Crippen LogP contribution >= 0.6 is 0 Å². The first-order chi connectivity index (χ1) is 20.3. The molecule has 0 aliphatic carbocycles. The Kier molecular flexibility index (Phi) is 6.39. The number of aromatic nitrogens is 6. The topological polar surface area (TPSA) is 69.4 Å². The van der Waals surface area contributed by atoms with Gasteiger partial charge >= 0.3 is 0 Å². The van der Waals surface area contributed by atoms with Gasteiger partial charge in [-0.3, -0.25) is 19.5 Å². The number of rotatable bonds is 6. The molecule has 6 heteroatoms. The van der Waals surface area contributed by atoms with Crippen molar-refractivity contribution in [2.75, 3.05) is 0 Å². The molecule has 0 atom stereocenters. The van der Waals surface area contributed by atoms with Gasteiger partial charge in [0.05, 0.1) is 0 Å². The van der Waals surface area contributed by atoms with Crippen LogP contribution in [-0.4, -0.2) is 29.7 Å². The van der Waals surface area contributed by atoms with Crippen LogP contribution in [0.25, 0.3) is 61.8 Å². The van der Waals surface area contributed by atoms with Crippen molar-refractivity contribution in [3.05, 3.63) is 146 Å². The van der Waals surface area contributed by atoms with Crippen LogP contribution in [0.3, 0.4) is 0 Å². The molecule has 0 amide bonds. The van der Waals surface area contributed by atoms with E-state index in [9.17, 15) is 0 Å². The maximum absolute atomic E-state index is 4.75. The molecule has 41 heavy (non-hydrogen) atoms. The van der Waals surface area contributed by atoms with Gasteiger partial charge in [-0.25, -0.2) is 0 Å². The first-order valence-corrected chi connectivity index (χ1v) is 13.3. The SMILES string of the molecule is c1cncc(-c2cccc(-c3nnc(-c4cccc(-c5cccnc5)c4)n3-c3cccc(-c4cccnc4)c3)c2)c1. The summed E-state index contributed by atoms with van der Waals surface area (Å²) in [4.78, 5) is 12.9. The first kappa shape index (κ1) is 24.3. The average molecular weight is 529 g/mol. The Balaban J connectivity index is 1.41. The molecular formula is C35H24N6. The fraction of sp³-hybridized carbons (Fsp3) is 0. The molecule has 0 saturated carbocycles. The zero-order chi connectivity index (χ0) is 27.4. The summed E-state index contributed by atoms with van der Waals surface area (Å²) in [6.45, 7) is 0. The Bertz CT molecular complexity index is 1830. The van der Waals surface area contributed by atoms with Gasteiger partial charge in [-0.05, 0) is 59.2 Å². The Morgan fingerprint density at radius 3 is 1.20 bits per heavy atom. The molecule has 0 unspecified atom stereocenters. The van der Waals surface area contributed by atoms with Crippen LogP contribution in [0.1, 0.15) is 0 Å². The van der Waals surface area contributed by atoms with E-state index in [1.54, 1.807) is 18.6 Å². The number of hydrogen-bond acceptors (Lipinski definition) is 5. The van der Waals surface area contributed by atoms with Crippen LogP contribution < -0.4 is 0 Å². The number of nitrogens with zero attached hydrogens (tertiary/aromatic N) is 6. The average Bonchev–Trinajstić information content (AvgIpc) is 3.52. The predicted molar refractivity (Wildman–Crippen MR) is 162 cm³/mol. The second kappa shape index (κ2) is 10.8. The second-order valence-electron chi connectivity index (χ2n) is 9.62. The molecule has 0 aliphatic rings. The minimum Gasteiger partial charge on any atom is -0.275 e. The predicted octanol–water partition coefficient (Wildman–Crippen LogP) is 7.79. The lowest BCUT2D eigenvalue weighted by Gasteiger charge is -2.14. The molecule has 6 nitrogen and oxygen atoms in total. The number of hydrogen-bond donors (Lipinski definition) is 0. The van der Waals surface area contributed by atoms with E-state index >= 15 is 0 Å². The molecule has 0 N–H and O–H groups in total. The Hall–Kier alpha value is -5.75. The summed E-state index contributed by atoms with van der Waals surface area (Å²) in [6, 6.07) is 37.1. The summed E-state index contributed by atoms with van der Waals surface area (Å²) in [6.07, 6.45) is 11.0. The first-order valence-electron chi connectivity index (χ1n) is 13.3. The lowest BCUT2D eigenvalue weighted by Crippen LogP contribution is -2.01. The van der Waals surface area contributed by atoms with Gasteiger partial charge in [0.25, 0.3) is 0 Å². The summed E-state index contributed by atoms with van der Waals surface area (Å²) in [5.41, 5.74) is 9.20. The van der Waals surface area contributed by atoms with E-state index in [1.165, 1.54) is 0 Å². The van der Waals surface area contributed by atoms with Gasteiger partial charge in [0.2, 0.25) is 0 Å². The van der Waals surface area contributed by atoms with E-state index in [0.717, 1.165) is 61.8 Å². The van der Waals surface area contributed by atoms with Crippen molar-refractivity contribution in [3.63, 3.8) is 0 Å². The van der Waals surface area contributed by atoms with Gasteiger partial charge in [-0.2, -0.15) is 0 Å². The van der Waals surface area contributed by atoms with Crippen molar-refractivity contribution in [2.45, 2.75) is 0 Å². The largest absolute Gasteiger partial charge is 0.275 e. The van der Waals surface area contributed by atoms with E-state index < -0.39 is 0 Å². The summed E-state index contributed by atoms with van der Waals surface area (Å²) in [5, 5.41) is 9.50. The van der Waals surface area contributed by atoms with Crippen molar-refractivity contribution in [3.8, 4) is 61.8 Å². The van der Waals surface area contributed by atoms with Crippen LogP contribution in [0.5, 0.6) is 0 Å². The van der Waals surface area contributed by atoms with Crippen LogP contribution in [-0.2, 0) is 0 Å². The molecular weight excluding hydrogens is 504 g/mol. The summed E-state index contributed by atoms with van der Waals surface area (Å²) < 4.78 is 2.13. The van der Waals surface area contributed by atoms with Crippen molar-refractivity contribution in [2.24, 2.45) is 0 Å². The number of pyridine rings is 3. The molecule has 0 aliphatic heterocycles. The zero-order valence-electron chi connectivity index (χ0n) is 22.0. The monoisotopic (exact) mass is 528 g/mol. The Labute approximate surface area is 237 Å². The number of benzene rings is 3. The van der Waals surface area contributed by atoms with Gasteiger partial charge in [0.1, 0.15) is 0 Å². The lowest BCUT2D eigenvalue weighted by molar-refractivity contribution is 1.07. The van der Waals surface area contributed by atoms with Gasteiger partial charge in [-0.1, -0.05) is 66.7 Å². The molecule has 4 aromatic heterocycles. The molecule has 7 rings (SSSR count). The van der Waals surface area contributed by atoms with E-state index in [4.69, 9.17) is 10.2 Å². The normalized spacial score (nSPS) is 10.9. The third kappa shape index (κ3) is 4.90. The third-order valence-electron chi connectivity index (χ3n) is 6.99. The van der Waals surface area contributed by atoms with Gasteiger partial charge < -0.3 is 0 Å². The van der Waals surface area contributed by atoms with Crippen molar-refractivity contribution < 1.29 is 0 Å². The maximum atomic E-state index is 4.75. The zero-order valence-corrected chi connectivity index (χ0v) is 22.0. The van der Waals surface area contributed by atoms with Crippen molar-refractivity contribution in [1.82, 2.24) is 29.7 Å². The van der Waals surface area contributed by atoms with E-state index in [0.29, 0.717) is 0 Å². The maximum Gasteiger partial charge on any atom is 0.168 e.